The van der Waals surface area contributed by atoms with Gasteiger partial charge < -0.3 is 14.8 Å². The van der Waals surface area contributed by atoms with Crippen LogP contribution in [-0.2, 0) is 6.54 Å². The first-order chi connectivity index (χ1) is 7.35. The van der Waals surface area contributed by atoms with Gasteiger partial charge in [-0.05, 0) is 11.6 Å². The minimum absolute atomic E-state index is 0.856. The number of thioether (sulfide) groups is 1. The van der Waals surface area contributed by atoms with Gasteiger partial charge in [0.25, 0.3) is 0 Å². The number of ether oxygens (including phenoxy) is 2. The fourth-order valence-electron chi connectivity index (χ4n) is 1.64. The van der Waals surface area contributed by atoms with Crippen LogP contribution in [0.25, 0.3) is 0 Å². The third-order valence-electron chi connectivity index (χ3n) is 2.40. The normalized spacial score (nSPS) is 15.3. The van der Waals surface area contributed by atoms with Crippen molar-refractivity contribution in [1.82, 2.24) is 5.32 Å². The van der Waals surface area contributed by atoms with Crippen LogP contribution in [0.15, 0.2) is 17.0 Å². The first-order valence-corrected chi connectivity index (χ1v) is 5.92. The van der Waals surface area contributed by atoms with Gasteiger partial charge in [-0.1, -0.05) is 0 Å². The van der Waals surface area contributed by atoms with Gasteiger partial charge in [0.05, 0.1) is 19.1 Å². The summed E-state index contributed by atoms with van der Waals surface area (Å²) in [7, 11) is 3.38. The van der Waals surface area contributed by atoms with E-state index in [1.54, 1.807) is 14.2 Å². The van der Waals surface area contributed by atoms with Crippen molar-refractivity contribution in [2.75, 3.05) is 26.5 Å². The van der Waals surface area contributed by atoms with Crippen LogP contribution in [0.2, 0.25) is 0 Å². The lowest BCUT2D eigenvalue weighted by Gasteiger charge is -2.12. The first-order valence-electron chi connectivity index (χ1n) is 4.93. The van der Waals surface area contributed by atoms with E-state index in [1.165, 1.54) is 10.5 Å². The van der Waals surface area contributed by atoms with Crippen molar-refractivity contribution >= 4 is 11.8 Å². The van der Waals surface area contributed by atoms with Crippen LogP contribution in [0.4, 0.5) is 0 Å². The van der Waals surface area contributed by atoms with Gasteiger partial charge in [-0.2, -0.15) is 0 Å². The maximum absolute atomic E-state index is 5.38. The van der Waals surface area contributed by atoms with Crippen molar-refractivity contribution in [2.45, 2.75) is 11.4 Å². The predicted octanol–water partition coefficient (Wildman–Crippen LogP) is 1.90. The quantitative estimate of drug-likeness (QED) is 0.832. The van der Waals surface area contributed by atoms with Gasteiger partial charge in [-0.3, -0.25) is 0 Å². The second-order valence-electron chi connectivity index (χ2n) is 3.34. The smallest absolute Gasteiger partial charge is 0.136 e. The molecule has 0 saturated heterocycles. The highest BCUT2D eigenvalue weighted by molar-refractivity contribution is 7.99. The Bertz CT molecular complexity index is 355. The molecular weight excluding hydrogens is 210 g/mol. The largest absolute Gasteiger partial charge is 0.497 e. The van der Waals surface area contributed by atoms with Gasteiger partial charge in [0.1, 0.15) is 11.5 Å². The van der Waals surface area contributed by atoms with E-state index in [1.807, 2.05) is 17.8 Å². The second-order valence-corrected chi connectivity index (χ2v) is 4.45. The molecule has 0 aliphatic carbocycles. The molecular formula is C11H15NO2S. The van der Waals surface area contributed by atoms with Crippen LogP contribution < -0.4 is 14.8 Å². The number of nitrogens with one attached hydrogen (secondary N) is 1. The molecule has 1 heterocycles. The molecule has 0 aromatic heterocycles. The highest BCUT2D eigenvalue weighted by Crippen LogP contribution is 2.37. The minimum Gasteiger partial charge on any atom is -0.497 e. The molecule has 0 amide bonds. The third kappa shape index (κ3) is 2.21. The predicted molar refractivity (Wildman–Crippen MR) is 62.0 cm³/mol. The molecule has 0 radical (unpaired) electrons. The zero-order chi connectivity index (χ0) is 10.7. The summed E-state index contributed by atoms with van der Waals surface area (Å²) < 4.78 is 10.6. The Hall–Kier alpha value is -0.870. The molecule has 1 aromatic carbocycles. The average Bonchev–Trinajstić information content (AvgIpc) is 2.52. The Labute approximate surface area is 94.2 Å². The van der Waals surface area contributed by atoms with Gasteiger partial charge in [-0.15, -0.1) is 11.8 Å². The summed E-state index contributed by atoms with van der Waals surface area (Å²) in [5, 5.41) is 3.37. The number of rotatable bonds is 2. The summed E-state index contributed by atoms with van der Waals surface area (Å²) in [4.78, 5) is 1.24. The molecule has 0 fully saturated rings. The van der Waals surface area contributed by atoms with E-state index >= 15 is 0 Å². The molecule has 0 saturated carbocycles. The lowest BCUT2D eigenvalue weighted by atomic mass is 10.2. The summed E-state index contributed by atoms with van der Waals surface area (Å²) in [6.45, 7) is 1.92. The van der Waals surface area contributed by atoms with Crippen molar-refractivity contribution in [3.8, 4) is 11.5 Å². The van der Waals surface area contributed by atoms with E-state index < -0.39 is 0 Å². The molecule has 0 unspecified atom stereocenters. The van der Waals surface area contributed by atoms with Crippen molar-refractivity contribution in [3.63, 3.8) is 0 Å². The van der Waals surface area contributed by atoms with E-state index in [0.29, 0.717) is 0 Å². The highest BCUT2D eigenvalue weighted by atomic mass is 32.2. The van der Waals surface area contributed by atoms with Crippen molar-refractivity contribution in [2.24, 2.45) is 0 Å². The van der Waals surface area contributed by atoms with Crippen molar-refractivity contribution < 1.29 is 9.47 Å². The minimum atomic E-state index is 0.856. The number of methoxy groups -OCH3 is 2. The first kappa shape index (κ1) is 10.6. The number of hydrogen-bond acceptors (Lipinski definition) is 4. The van der Waals surface area contributed by atoms with E-state index in [4.69, 9.17) is 9.47 Å². The van der Waals surface area contributed by atoms with Gasteiger partial charge in [-0.25, -0.2) is 0 Å². The van der Waals surface area contributed by atoms with Crippen LogP contribution in [0.5, 0.6) is 11.5 Å². The van der Waals surface area contributed by atoms with Crippen LogP contribution in [0.3, 0.4) is 0 Å². The van der Waals surface area contributed by atoms with E-state index in [-0.39, 0.29) is 0 Å². The Kier molecular flexibility index (Phi) is 3.38. The van der Waals surface area contributed by atoms with E-state index in [2.05, 4.69) is 11.4 Å². The Morgan fingerprint density at radius 1 is 1.27 bits per heavy atom. The van der Waals surface area contributed by atoms with Gasteiger partial charge >= 0.3 is 0 Å². The molecule has 1 aliphatic heterocycles. The monoisotopic (exact) mass is 225 g/mol. The fourth-order valence-corrected chi connectivity index (χ4v) is 2.70. The number of benzene rings is 1. The molecule has 0 atom stereocenters. The van der Waals surface area contributed by atoms with Gasteiger partial charge in [0, 0.05) is 24.9 Å². The molecule has 1 aliphatic rings. The SMILES string of the molecule is COc1cc2c(c(OC)c1)SCCNC2. The molecule has 15 heavy (non-hydrogen) atoms. The molecule has 0 bridgehead atoms. The zero-order valence-electron chi connectivity index (χ0n) is 9.00. The van der Waals surface area contributed by atoms with Crippen LogP contribution in [0.1, 0.15) is 5.56 Å². The Morgan fingerprint density at radius 2 is 2.13 bits per heavy atom. The lowest BCUT2D eigenvalue weighted by molar-refractivity contribution is 0.386. The summed E-state index contributed by atoms with van der Waals surface area (Å²) in [6, 6.07) is 4.01. The topological polar surface area (TPSA) is 30.5 Å². The van der Waals surface area contributed by atoms with E-state index in [0.717, 1.165) is 30.3 Å². The maximum Gasteiger partial charge on any atom is 0.136 e. The third-order valence-corrected chi connectivity index (χ3v) is 3.56. The average molecular weight is 225 g/mol. The van der Waals surface area contributed by atoms with Crippen molar-refractivity contribution in [3.05, 3.63) is 17.7 Å². The standard InChI is InChI=1S/C11H15NO2S/c1-13-9-5-8-7-12-3-4-15-11(8)10(6-9)14-2/h5-6,12H,3-4,7H2,1-2H3. The zero-order valence-corrected chi connectivity index (χ0v) is 9.82. The Balaban J connectivity index is 2.45. The van der Waals surface area contributed by atoms with E-state index in [9.17, 15) is 0 Å². The molecule has 82 valence electrons. The molecule has 2 rings (SSSR count). The fraction of sp³-hybridized carbons (Fsp3) is 0.455. The lowest BCUT2D eigenvalue weighted by Crippen LogP contribution is -2.13. The number of fused-ring (bicyclic) bond motifs is 1. The van der Waals surface area contributed by atoms with Gasteiger partial charge in [0.2, 0.25) is 0 Å². The molecule has 3 nitrogen and oxygen atoms in total. The summed E-state index contributed by atoms with van der Waals surface area (Å²) in [6.07, 6.45) is 0. The van der Waals surface area contributed by atoms with Crippen molar-refractivity contribution in [1.29, 1.82) is 0 Å². The van der Waals surface area contributed by atoms with Crippen LogP contribution in [0, 0.1) is 0 Å². The van der Waals surface area contributed by atoms with Crippen LogP contribution in [-0.4, -0.2) is 26.5 Å². The summed E-state index contributed by atoms with van der Waals surface area (Å²) >= 11 is 1.84. The van der Waals surface area contributed by atoms with Crippen LogP contribution >= 0.6 is 11.8 Å². The van der Waals surface area contributed by atoms with Gasteiger partial charge in [0.15, 0.2) is 0 Å². The molecule has 1 aromatic rings. The second kappa shape index (κ2) is 4.77. The number of hydrogen-bond donors (Lipinski definition) is 1. The Morgan fingerprint density at radius 3 is 2.87 bits per heavy atom. The highest BCUT2D eigenvalue weighted by Gasteiger charge is 2.14. The summed E-state index contributed by atoms with van der Waals surface area (Å²) in [5.74, 6) is 2.85. The summed E-state index contributed by atoms with van der Waals surface area (Å²) in [5.41, 5.74) is 1.26. The molecule has 1 N–H and O–H groups in total. The molecule has 4 heteroatoms. The maximum atomic E-state index is 5.38. The molecule has 0 spiro atoms.